The van der Waals surface area contributed by atoms with Crippen molar-refractivity contribution >= 4 is 27.3 Å². The number of sulfonamides is 1. The van der Waals surface area contributed by atoms with Crippen LogP contribution in [0.3, 0.4) is 0 Å². The Morgan fingerprint density at radius 1 is 1.09 bits per heavy atom. The third-order valence-electron chi connectivity index (χ3n) is 5.85. The summed E-state index contributed by atoms with van der Waals surface area (Å²) < 4.78 is 38.4. The van der Waals surface area contributed by atoms with Crippen molar-refractivity contribution in [2.75, 3.05) is 59.2 Å². The number of hydrogen-bond acceptors (Lipinski definition) is 7. The first-order valence-corrected chi connectivity index (χ1v) is 13.1. The summed E-state index contributed by atoms with van der Waals surface area (Å²) in [5, 5.41) is 5.05. The number of carbonyl (C=O) groups excluding carboxylic acids is 1. The van der Waals surface area contributed by atoms with Gasteiger partial charge in [-0.1, -0.05) is 12.1 Å². The molecule has 1 aromatic heterocycles. The third-order valence-corrected chi connectivity index (χ3v) is 8.87. The van der Waals surface area contributed by atoms with Gasteiger partial charge in [0.1, 0.15) is 0 Å². The van der Waals surface area contributed by atoms with Gasteiger partial charge in [-0.2, -0.15) is 4.31 Å². The minimum Gasteiger partial charge on any atom is -0.379 e. The maximum atomic E-state index is 13.1. The molecule has 1 aromatic carbocycles. The summed E-state index contributed by atoms with van der Waals surface area (Å²) in [7, 11) is -3.68. The largest absolute Gasteiger partial charge is 0.379 e. The molecule has 32 heavy (non-hydrogen) atoms. The summed E-state index contributed by atoms with van der Waals surface area (Å²) in [5.74, 6) is -0.279. The summed E-state index contributed by atoms with van der Waals surface area (Å²) in [6.07, 6.45) is 0. The highest BCUT2D eigenvalue weighted by Crippen LogP contribution is 2.26. The molecule has 0 radical (unpaired) electrons. The first kappa shape index (κ1) is 23.3. The third kappa shape index (κ3) is 5.22. The molecule has 1 atom stereocenters. The van der Waals surface area contributed by atoms with Crippen molar-refractivity contribution in [1.82, 2.24) is 14.5 Å². The maximum Gasteiger partial charge on any atom is 0.251 e. The quantitative estimate of drug-likeness (QED) is 0.653. The zero-order valence-electron chi connectivity index (χ0n) is 18.2. The monoisotopic (exact) mass is 479 g/mol. The summed E-state index contributed by atoms with van der Waals surface area (Å²) >= 11 is 1.67. The van der Waals surface area contributed by atoms with E-state index in [4.69, 9.17) is 9.47 Å². The van der Waals surface area contributed by atoms with E-state index in [9.17, 15) is 13.2 Å². The van der Waals surface area contributed by atoms with Gasteiger partial charge in [0.25, 0.3) is 5.91 Å². The van der Waals surface area contributed by atoms with Crippen LogP contribution in [0.5, 0.6) is 0 Å². The lowest BCUT2D eigenvalue weighted by atomic mass is 10.1. The van der Waals surface area contributed by atoms with Crippen molar-refractivity contribution in [3.8, 4) is 0 Å². The molecule has 0 spiro atoms. The zero-order chi connectivity index (χ0) is 22.6. The number of nitrogens with zero attached hydrogens (tertiary/aromatic N) is 2. The van der Waals surface area contributed by atoms with E-state index < -0.39 is 10.0 Å². The molecule has 2 fully saturated rings. The summed E-state index contributed by atoms with van der Waals surface area (Å²) in [6, 6.07) is 9.02. The fraction of sp³-hybridized carbons (Fsp3) is 0.500. The topological polar surface area (TPSA) is 88.2 Å². The number of aryl methyl sites for hydroxylation is 1. The maximum absolute atomic E-state index is 13.1. The lowest BCUT2D eigenvalue weighted by molar-refractivity contribution is 0.0169. The van der Waals surface area contributed by atoms with Crippen molar-refractivity contribution in [2.45, 2.75) is 17.9 Å². The number of carbonyl (C=O) groups is 1. The van der Waals surface area contributed by atoms with Crippen LogP contribution in [-0.2, 0) is 19.5 Å². The lowest BCUT2D eigenvalue weighted by Gasteiger charge is -2.34. The second kappa shape index (κ2) is 10.4. The van der Waals surface area contributed by atoms with Crippen molar-refractivity contribution in [3.05, 3.63) is 51.7 Å². The minimum atomic E-state index is -3.68. The molecular weight excluding hydrogens is 450 g/mol. The number of benzene rings is 1. The Kier molecular flexibility index (Phi) is 7.59. The highest BCUT2D eigenvalue weighted by molar-refractivity contribution is 7.89. The molecule has 3 heterocycles. The van der Waals surface area contributed by atoms with Crippen LogP contribution in [0.4, 0.5) is 0 Å². The molecule has 0 bridgehead atoms. The molecule has 0 saturated carbocycles. The molecule has 0 unspecified atom stereocenters. The first-order chi connectivity index (χ1) is 15.5. The van der Waals surface area contributed by atoms with Crippen molar-refractivity contribution in [2.24, 2.45) is 0 Å². The number of amides is 1. The van der Waals surface area contributed by atoms with Gasteiger partial charge in [-0.3, -0.25) is 9.69 Å². The molecular formula is C22H29N3O5S2. The van der Waals surface area contributed by atoms with E-state index in [0.29, 0.717) is 57.2 Å². The number of thiophene rings is 1. The van der Waals surface area contributed by atoms with Crippen LogP contribution >= 0.6 is 11.3 Å². The standard InChI is InChI=1S/C22H29N3O5S2/c1-17-4-5-18(15-21(17)32(27,28)25-8-12-30-13-9-25)22(26)23-16-19(20-3-2-14-31-20)24-6-10-29-11-7-24/h2-5,14-15,19H,6-13,16H2,1H3,(H,23,26)/t19-/m0/s1. The molecule has 4 rings (SSSR count). The van der Waals surface area contributed by atoms with E-state index >= 15 is 0 Å². The highest BCUT2D eigenvalue weighted by Gasteiger charge is 2.29. The van der Waals surface area contributed by atoms with Gasteiger partial charge in [0.2, 0.25) is 10.0 Å². The Hall–Kier alpha value is -1.82. The van der Waals surface area contributed by atoms with Crippen LogP contribution in [0.15, 0.2) is 40.6 Å². The molecule has 174 valence electrons. The van der Waals surface area contributed by atoms with E-state index in [1.54, 1.807) is 30.4 Å². The number of nitrogens with one attached hydrogen (secondary N) is 1. The van der Waals surface area contributed by atoms with Crippen LogP contribution < -0.4 is 5.32 Å². The van der Waals surface area contributed by atoms with Crippen LogP contribution in [-0.4, -0.2) is 82.7 Å². The molecule has 1 N–H and O–H groups in total. The predicted molar refractivity (Wildman–Crippen MR) is 123 cm³/mol. The van der Waals surface area contributed by atoms with Gasteiger partial charge in [-0.15, -0.1) is 11.3 Å². The molecule has 10 heteroatoms. The molecule has 1 amide bonds. The first-order valence-electron chi connectivity index (χ1n) is 10.8. The van der Waals surface area contributed by atoms with Crippen LogP contribution in [0.1, 0.15) is 26.8 Å². The van der Waals surface area contributed by atoms with Crippen molar-refractivity contribution in [1.29, 1.82) is 0 Å². The van der Waals surface area contributed by atoms with E-state index in [0.717, 1.165) is 13.1 Å². The van der Waals surface area contributed by atoms with Gasteiger partial charge >= 0.3 is 0 Å². The molecule has 2 aliphatic heterocycles. The number of hydrogen-bond donors (Lipinski definition) is 1. The second-order valence-electron chi connectivity index (χ2n) is 7.89. The Bertz CT molecular complexity index is 1010. The highest BCUT2D eigenvalue weighted by atomic mass is 32.2. The number of ether oxygens (including phenoxy) is 2. The van der Waals surface area contributed by atoms with Gasteiger partial charge in [0.05, 0.1) is 37.4 Å². The van der Waals surface area contributed by atoms with Crippen LogP contribution in [0, 0.1) is 6.92 Å². The fourth-order valence-corrected chi connectivity index (χ4v) is 6.54. The van der Waals surface area contributed by atoms with Crippen molar-refractivity contribution in [3.63, 3.8) is 0 Å². The van der Waals surface area contributed by atoms with E-state index in [2.05, 4.69) is 16.3 Å². The fourth-order valence-electron chi connectivity index (χ4n) is 4.02. The normalized spacial score (nSPS) is 19.5. The SMILES string of the molecule is Cc1ccc(C(=O)NC[C@@H](c2cccs2)N2CCOCC2)cc1S(=O)(=O)N1CCOCC1. The van der Waals surface area contributed by atoms with Gasteiger partial charge in [-0.25, -0.2) is 8.42 Å². The lowest BCUT2D eigenvalue weighted by Crippen LogP contribution is -2.43. The predicted octanol–water partition coefficient (Wildman–Crippen LogP) is 1.88. The molecule has 2 aromatic rings. The number of rotatable bonds is 7. The average molecular weight is 480 g/mol. The molecule has 2 saturated heterocycles. The molecule has 2 aliphatic rings. The van der Waals surface area contributed by atoms with E-state index in [1.807, 2.05) is 11.4 Å². The Morgan fingerprint density at radius 2 is 1.78 bits per heavy atom. The molecule has 8 nitrogen and oxygen atoms in total. The minimum absolute atomic E-state index is 0.0600. The average Bonchev–Trinajstić information content (AvgIpc) is 3.35. The van der Waals surface area contributed by atoms with E-state index in [-0.39, 0.29) is 16.8 Å². The van der Waals surface area contributed by atoms with Crippen LogP contribution in [0.25, 0.3) is 0 Å². The Morgan fingerprint density at radius 3 is 2.44 bits per heavy atom. The zero-order valence-corrected chi connectivity index (χ0v) is 19.8. The smallest absolute Gasteiger partial charge is 0.251 e. The number of morpholine rings is 2. The summed E-state index contributed by atoms with van der Waals surface area (Å²) in [4.78, 5) is 16.7. The summed E-state index contributed by atoms with van der Waals surface area (Å²) in [6.45, 7) is 6.57. The van der Waals surface area contributed by atoms with Gasteiger partial charge in [-0.05, 0) is 36.1 Å². The van der Waals surface area contributed by atoms with Gasteiger partial charge in [0.15, 0.2) is 0 Å². The second-order valence-corrected chi connectivity index (χ2v) is 10.8. The van der Waals surface area contributed by atoms with E-state index in [1.165, 1.54) is 15.2 Å². The van der Waals surface area contributed by atoms with Gasteiger partial charge in [0, 0.05) is 43.2 Å². The van der Waals surface area contributed by atoms with Crippen LogP contribution in [0.2, 0.25) is 0 Å². The Balaban J connectivity index is 1.50. The van der Waals surface area contributed by atoms with Crippen molar-refractivity contribution < 1.29 is 22.7 Å². The molecule has 0 aliphatic carbocycles. The summed E-state index contributed by atoms with van der Waals surface area (Å²) in [5.41, 5.74) is 0.965. The van der Waals surface area contributed by atoms with Gasteiger partial charge < -0.3 is 14.8 Å². The Labute approximate surface area is 193 Å².